The van der Waals surface area contributed by atoms with Gasteiger partial charge >= 0.3 is 5.97 Å². The molecule has 104 valence electrons. The number of ether oxygens (including phenoxy) is 1. The fraction of sp³-hybridized carbons (Fsp3) is 0.538. The van der Waals surface area contributed by atoms with Crippen LogP contribution in [0.3, 0.4) is 0 Å². The molecule has 0 radical (unpaired) electrons. The number of carbonyl (C=O) groups is 2. The number of primary amides is 1. The number of hydrogen-bond donors (Lipinski definition) is 1. The molecule has 2 heterocycles. The predicted molar refractivity (Wildman–Crippen MR) is 73.9 cm³/mol. The minimum absolute atomic E-state index is 0.102. The van der Waals surface area contributed by atoms with Crippen molar-refractivity contribution in [3.63, 3.8) is 0 Å². The van der Waals surface area contributed by atoms with Crippen LogP contribution in [0.25, 0.3) is 0 Å². The SMILES string of the molecule is CC(C)OC(=O)C1=C2SC/C(=C\C(N)=O)N2CC1C. The topological polar surface area (TPSA) is 72.6 Å². The number of nitrogens with zero attached hydrogens (tertiary/aromatic N) is 1. The summed E-state index contributed by atoms with van der Waals surface area (Å²) in [6, 6.07) is 0. The Hall–Kier alpha value is -1.43. The van der Waals surface area contributed by atoms with Gasteiger partial charge in [-0.15, -0.1) is 11.8 Å². The Bertz CT molecular complexity index is 482. The van der Waals surface area contributed by atoms with Crippen molar-refractivity contribution in [1.82, 2.24) is 4.90 Å². The number of nitrogens with two attached hydrogens (primary N) is 1. The molecular formula is C13H18N2O3S. The van der Waals surface area contributed by atoms with Crippen LogP contribution in [0.4, 0.5) is 0 Å². The molecule has 1 amide bonds. The van der Waals surface area contributed by atoms with E-state index in [1.54, 1.807) is 11.8 Å². The molecule has 5 nitrogen and oxygen atoms in total. The molecule has 1 unspecified atom stereocenters. The van der Waals surface area contributed by atoms with Crippen LogP contribution in [0, 0.1) is 5.92 Å². The molecule has 2 aliphatic heterocycles. The summed E-state index contributed by atoms with van der Waals surface area (Å²) in [5.74, 6) is 0.0598. The van der Waals surface area contributed by atoms with E-state index in [1.165, 1.54) is 6.08 Å². The first-order chi connectivity index (χ1) is 8.90. The number of rotatable bonds is 3. The number of carbonyl (C=O) groups excluding carboxylic acids is 2. The first-order valence-corrected chi connectivity index (χ1v) is 7.24. The van der Waals surface area contributed by atoms with Gasteiger partial charge in [-0.1, -0.05) is 6.92 Å². The third-order valence-corrected chi connectivity index (χ3v) is 4.15. The first kappa shape index (κ1) is 14.0. The van der Waals surface area contributed by atoms with Gasteiger partial charge in [-0.25, -0.2) is 4.79 Å². The Labute approximate surface area is 116 Å². The van der Waals surface area contributed by atoms with E-state index >= 15 is 0 Å². The van der Waals surface area contributed by atoms with Gasteiger partial charge < -0.3 is 15.4 Å². The number of esters is 1. The van der Waals surface area contributed by atoms with E-state index in [1.807, 2.05) is 25.7 Å². The van der Waals surface area contributed by atoms with Gasteiger partial charge in [0.2, 0.25) is 5.91 Å². The Morgan fingerprint density at radius 1 is 1.53 bits per heavy atom. The van der Waals surface area contributed by atoms with E-state index in [-0.39, 0.29) is 18.0 Å². The Kier molecular flexibility index (Phi) is 3.89. The lowest BCUT2D eigenvalue weighted by Gasteiger charge is -2.15. The molecule has 0 saturated carbocycles. The third kappa shape index (κ3) is 2.78. The normalized spacial score (nSPS) is 24.3. The number of amides is 1. The summed E-state index contributed by atoms with van der Waals surface area (Å²) in [6.07, 6.45) is 1.30. The minimum Gasteiger partial charge on any atom is -0.460 e. The van der Waals surface area contributed by atoms with Crippen molar-refractivity contribution in [3.05, 3.63) is 22.4 Å². The largest absolute Gasteiger partial charge is 0.460 e. The van der Waals surface area contributed by atoms with Crippen LogP contribution < -0.4 is 5.73 Å². The minimum atomic E-state index is -0.456. The molecule has 1 fully saturated rings. The zero-order valence-electron chi connectivity index (χ0n) is 11.3. The Balaban J connectivity index is 2.27. The molecule has 0 aliphatic carbocycles. The van der Waals surface area contributed by atoms with Crippen LogP contribution in [-0.4, -0.2) is 35.2 Å². The molecule has 0 aromatic rings. The molecule has 0 spiro atoms. The van der Waals surface area contributed by atoms with Crippen molar-refractivity contribution in [2.75, 3.05) is 12.3 Å². The van der Waals surface area contributed by atoms with Crippen LogP contribution >= 0.6 is 11.8 Å². The average Bonchev–Trinajstić information content (AvgIpc) is 2.76. The molecule has 2 N–H and O–H groups in total. The smallest absolute Gasteiger partial charge is 0.337 e. The van der Waals surface area contributed by atoms with Crippen LogP contribution in [0.2, 0.25) is 0 Å². The summed E-state index contributed by atoms with van der Waals surface area (Å²) in [5.41, 5.74) is 6.77. The molecule has 2 rings (SSSR count). The van der Waals surface area contributed by atoms with Gasteiger partial charge in [-0.05, 0) is 13.8 Å². The third-order valence-electron chi connectivity index (χ3n) is 3.00. The summed E-state index contributed by atoms with van der Waals surface area (Å²) < 4.78 is 5.28. The highest BCUT2D eigenvalue weighted by atomic mass is 32.2. The summed E-state index contributed by atoms with van der Waals surface area (Å²) in [7, 11) is 0. The quantitative estimate of drug-likeness (QED) is 0.622. The molecular weight excluding hydrogens is 264 g/mol. The van der Waals surface area contributed by atoms with Crippen LogP contribution in [0.5, 0.6) is 0 Å². The molecule has 1 atom stereocenters. The van der Waals surface area contributed by atoms with E-state index in [0.717, 1.165) is 10.7 Å². The van der Waals surface area contributed by atoms with Crippen LogP contribution in [-0.2, 0) is 14.3 Å². The van der Waals surface area contributed by atoms with Crippen molar-refractivity contribution in [2.45, 2.75) is 26.9 Å². The lowest BCUT2D eigenvalue weighted by molar-refractivity contribution is -0.143. The molecule has 0 aromatic carbocycles. The zero-order chi connectivity index (χ0) is 14.2. The highest BCUT2D eigenvalue weighted by Gasteiger charge is 2.39. The second-order valence-corrected chi connectivity index (χ2v) is 5.98. The number of fused-ring (bicyclic) bond motifs is 1. The second-order valence-electron chi connectivity index (χ2n) is 5.01. The summed E-state index contributed by atoms with van der Waals surface area (Å²) in [5, 5.41) is 0.908. The molecule has 0 bridgehead atoms. The predicted octanol–water partition coefficient (Wildman–Crippen LogP) is 1.22. The molecule has 2 aliphatic rings. The average molecular weight is 282 g/mol. The molecule has 1 saturated heterocycles. The van der Waals surface area contributed by atoms with E-state index in [9.17, 15) is 9.59 Å². The van der Waals surface area contributed by atoms with Crippen molar-refractivity contribution >= 4 is 23.6 Å². The van der Waals surface area contributed by atoms with Crippen LogP contribution in [0.1, 0.15) is 20.8 Å². The molecule has 0 aromatic heterocycles. The van der Waals surface area contributed by atoms with E-state index in [0.29, 0.717) is 17.9 Å². The second kappa shape index (κ2) is 5.28. The van der Waals surface area contributed by atoms with Gasteiger partial charge in [0.25, 0.3) is 0 Å². The van der Waals surface area contributed by atoms with Gasteiger partial charge in [0, 0.05) is 30.0 Å². The van der Waals surface area contributed by atoms with Gasteiger partial charge in [0.1, 0.15) is 0 Å². The van der Waals surface area contributed by atoms with E-state index < -0.39 is 5.91 Å². The Morgan fingerprint density at radius 3 is 2.79 bits per heavy atom. The lowest BCUT2D eigenvalue weighted by atomic mass is 10.1. The summed E-state index contributed by atoms with van der Waals surface area (Å²) in [6.45, 7) is 6.36. The number of thioether (sulfide) groups is 1. The summed E-state index contributed by atoms with van der Waals surface area (Å²) in [4.78, 5) is 25.1. The van der Waals surface area contributed by atoms with Gasteiger partial charge in [0.15, 0.2) is 0 Å². The van der Waals surface area contributed by atoms with E-state index in [4.69, 9.17) is 10.5 Å². The van der Waals surface area contributed by atoms with Gasteiger partial charge in [-0.2, -0.15) is 0 Å². The molecule has 19 heavy (non-hydrogen) atoms. The standard InChI is InChI=1S/C13H18N2O3S/c1-7(2)18-13(17)11-8(3)5-15-9(4-10(14)16)6-19-12(11)15/h4,7-8H,5-6H2,1-3H3,(H2,14,16)/b9-4+. The zero-order valence-corrected chi connectivity index (χ0v) is 12.1. The monoisotopic (exact) mass is 282 g/mol. The van der Waals surface area contributed by atoms with Gasteiger partial charge in [0.05, 0.1) is 16.7 Å². The fourth-order valence-electron chi connectivity index (χ4n) is 2.28. The highest BCUT2D eigenvalue weighted by molar-refractivity contribution is 8.03. The van der Waals surface area contributed by atoms with Crippen molar-refractivity contribution in [2.24, 2.45) is 11.7 Å². The molecule has 6 heteroatoms. The first-order valence-electron chi connectivity index (χ1n) is 6.25. The number of hydrogen-bond acceptors (Lipinski definition) is 5. The van der Waals surface area contributed by atoms with Crippen LogP contribution in [0.15, 0.2) is 22.4 Å². The van der Waals surface area contributed by atoms with E-state index in [2.05, 4.69) is 0 Å². The lowest BCUT2D eigenvalue weighted by Crippen LogP contribution is -2.20. The van der Waals surface area contributed by atoms with Crippen molar-refractivity contribution in [3.8, 4) is 0 Å². The Morgan fingerprint density at radius 2 is 2.21 bits per heavy atom. The summed E-state index contributed by atoms with van der Waals surface area (Å²) >= 11 is 1.56. The van der Waals surface area contributed by atoms with Crippen molar-refractivity contribution < 1.29 is 14.3 Å². The van der Waals surface area contributed by atoms with Crippen molar-refractivity contribution in [1.29, 1.82) is 0 Å². The maximum atomic E-state index is 12.1. The van der Waals surface area contributed by atoms with Gasteiger partial charge in [-0.3, -0.25) is 4.79 Å². The highest BCUT2D eigenvalue weighted by Crippen LogP contribution is 2.44. The maximum Gasteiger partial charge on any atom is 0.337 e. The maximum absolute atomic E-state index is 12.1. The fourth-order valence-corrected chi connectivity index (χ4v) is 3.59.